The van der Waals surface area contributed by atoms with Crippen molar-refractivity contribution in [2.24, 2.45) is 0 Å². The maximum absolute atomic E-state index is 13.1. The number of fused-ring (bicyclic) bond motifs is 2. The van der Waals surface area contributed by atoms with Crippen LogP contribution < -0.4 is 10.2 Å². The Hall–Kier alpha value is -2.35. The van der Waals surface area contributed by atoms with E-state index >= 15 is 0 Å². The molecule has 0 unspecified atom stereocenters. The number of aromatic carboxylic acids is 1. The number of hydrogen-bond acceptors (Lipinski definition) is 5. The van der Waals surface area contributed by atoms with Gasteiger partial charge in [0.15, 0.2) is 17.2 Å². The van der Waals surface area contributed by atoms with Gasteiger partial charge in [-0.3, -0.25) is 9.59 Å². The summed E-state index contributed by atoms with van der Waals surface area (Å²) in [7, 11) is 1.27. The molecule has 4 rings (SSSR count). The molecule has 1 saturated heterocycles. The smallest absolute Gasteiger partial charge is 0.341 e. The minimum Gasteiger partial charge on any atom is -0.491 e. The summed E-state index contributed by atoms with van der Waals surface area (Å²) in [6, 6.07) is -0.325. The average Bonchev–Trinajstić information content (AvgIpc) is 3.11. The van der Waals surface area contributed by atoms with Crippen LogP contribution in [0.1, 0.15) is 53.1 Å². The Kier molecular flexibility index (Phi) is 3.05. The predicted octanol–water partition coefficient (Wildman–Crippen LogP) is 0.851. The molecule has 1 aromatic heterocycles. The first kappa shape index (κ1) is 15.2. The van der Waals surface area contributed by atoms with Crippen molar-refractivity contribution in [1.29, 1.82) is 0 Å². The largest absolute Gasteiger partial charge is 0.491 e. The fourth-order valence-corrected chi connectivity index (χ4v) is 4.42. The topological polar surface area (TPSA) is 98.1 Å². The summed E-state index contributed by atoms with van der Waals surface area (Å²) >= 11 is 0. The fraction of sp³-hybridized carbons (Fsp3) is 0.562. The van der Waals surface area contributed by atoms with Gasteiger partial charge in [0.05, 0.1) is 25.8 Å². The molecule has 1 aromatic rings. The fourth-order valence-electron chi connectivity index (χ4n) is 4.42. The van der Waals surface area contributed by atoms with Gasteiger partial charge in [0.1, 0.15) is 5.56 Å². The summed E-state index contributed by atoms with van der Waals surface area (Å²) in [5.74, 6) is -1.89. The van der Waals surface area contributed by atoms with E-state index in [1.54, 1.807) is 9.47 Å². The Morgan fingerprint density at radius 2 is 2.21 bits per heavy atom. The molecule has 1 spiro atoms. The van der Waals surface area contributed by atoms with E-state index < -0.39 is 22.7 Å². The SMILES string of the molecule is COc1c2n(cc(C(=O)O)c1=O)[C@@H]1CCC[C@@]13OC[C@H](C)N3C2=O. The molecule has 0 bridgehead atoms. The van der Waals surface area contributed by atoms with Crippen LogP contribution in [0.2, 0.25) is 0 Å². The monoisotopic (exact) mass is 334 g/mol. The normalized spacial score (nSPS) is 30.8. The first-order valence-electron chi connectivity index (χ1n) is 7.96. The minimum absolute atomic E-state index is 0.106. The third-order valence-corrected chi connectivity index (χ3v) is 5.34. The van der Waals surface area contributed by atoms with Gasteiger partial charge >= 0.3 is 5.97 Å². The van der Waals surface area contributed by atoms with Crippen LogP contribution in [0.15, 0.2) is 11.0 Å². The number of methoxy groups -OCH3 is 1. The molecule has 128 valence electrons. The van der Waals surface area contributed by atoms with Gasteiger partial charge in [-0.25, -0.2) is 4.79 Å². The number of carboxylic acids is 1. The number of carboxylic acid groups (broad SMARTS) is 1. The van der Waals surface area contributed by atoms with Crippen molar-refractivity contribution in [3.63, 3.8) is 0 Å². The maximum Gasteiger partial charge on any atom is 0.341 e. The Labute approximate surface area is 137 Å². The summed E-state index contributed by atoms with van der Waals surface area (Å²) in [6.07, 6.45) is 3.57. The van der Waals surface area contributed by atoms with Crippen LogP contribution >= 0.6 is 0 Å². The standard InChI is InChI=1S/C16H18N2O6/c1-8-7-24-16-5-3-4-10(16)17-6-9(15(21)22)12(19)13(23-2)11(17)14(20)18(8)16/h6,8,10H,3-5,7H2,1-2H3,(H,21,22)/t8-,10+,16+/m0/s1. The van der Waals surface area contributed by atoms with E-state index in [9.17, 15) is 19.5 Å². The van der Waals surface area contributed by atoms with Gasteiger partial charge in [-0.1, -0.05) is 0 Å². The molecule has 1 saturated carbocycles. The average molecular weight is 334 g/mol. The van der Waals surface area contributed by atoms with Crippen molar-refractivity contribution in [1.82, 2.24) is 9.47 Å². The molecule has 8 nitrogen and oxygen atoms in total. The number of carbonyl (C=O) groups excluding carboxylic acids is 1. The molecule has 24 heavy (non-hydrogen) atoms. The highest BCUT2D eigenvalue weighted by atomic mass is 16.5. The second-order valence-corrected chi connectivity index (χ2v) is 6.55. The van der Waals surface area contributed by atoms with E-state index in [0.717, 1.165) is 12.8 Å². The molecule has 0 radical (unpaired) electrons. The van der Waals surface area contributed by atoms with Gasteiger partial charge in [0, 0.05) is 6.20 Å². The molecule has 3 atom stereocenters. The van der Waals surface area contributed by atoms with Gasteiger partial charge in [-0.2, -0.15) is 0 Å². The summed E-state index contributed by atoms with van der Waals surface area (Å²) in [5, 5.41) is 9.33. The summed E-state index contributed by atoms with van der Waals surface area (Å²) in [6.45, 7) is 2.34. The van der Waals surface area contributed by atoms with Crippen molar-refractivity contribution in [3.05, 3.63) is 27.7 Å². The van der Waals surface area contributed by atoms with Gasteiger partial charge in [-0.05, 0) is 26.2 Å². The first-order chi connectivity index (χ1) is 11.4. The van der Waals surface area contributed by atoms with Gasteiger partial charge in [0.25, 0.3) is 5.91 Å². The number of aromatic nitrogens is 1. The number of nitrogens with zero attached hydrogens (tertiary/aromatic N) is 2. The maximum atomic E-state index is 13.1. The summed E-state index contributed by atoms with van der Waals surface area (Å²) in [5.41, 5.74) is -1.81. The van der Waals surface area contributed by atoms with Crippen LogP contribution in [0, 0.1) is 0 Å². The van der Waals surface area contributed by atoms with Crippen LogP contribution in [0.5, 0.6) is 5.75 Å². The van der Waals surface area contributed by atoms with Crippen molar-refractivity contribution in [2.75, 3.05) is 13.7 Å². The minimum atomic E-state index is -1.34. The Morgan fingerprint density at radius 3 is 2.88 bits per heavy atom. The molecular weight excluding hydrogens is 316 g/mol. The molecule has 0 aromatic carbocycles. The highest BCUT2D eigenvalue weighted by Crippen LogP contribution is 2.52. The summed E-state index contributed by atoms with van der Waals surface area (Å²) < 4.78 is 12.8. The lowest BCUT2D eigenvalue weighted by molar-refractivity contribution is -0.101. The molecule has 3 heterocycles. The number of ether oxygens (including phenoxy) is 2. The Bertz CT molecular complexity index is 816. The van der Waals surface area contributed by atoms with Crippen LogP contribution in [-0.4, -0.2) is 51.9 Å². The van der Waals surface area contributed by atoms with Gasteiger partial charge in [0.2, 0.25) is 5.43 Å². The zero-order chi connectivity index (χ0) is 17.2. The van der Waals surface area contributed by atoms with Gasteiger partial charge in [-0.15, -0.1) is 0 Å². The van der Waals surface area contributed by atoms with Crippen molar-refractivity contribution in [2.45, 2.75) is 44.0 Å². The predicted molar refractivity (Wildman–Crippen MR) is 81.4 cm³/mol. The van der Waals surface area contributed by atoms with E-state index in [-0.39, 0.29) is 29.4 Å². The number of rotatable bonds is 2. The summed E-state index contributed by atoms with van der Waals surface area (Å²) in [4.78, 5) is 38.7. The van der Waals surface area contributed by atoms with Crippen LogP contribution in [0.25, 0.3) is 0 Å². The molecule has 1 amide bonds. The van der Waals surface area contributed by atoms with Gasteiger partial charge < -0.3 is 24.0 Å². The van der Waals surface area contributed by atoms with E-state index in [4.69, 9.17) is 9.47 Å². The number of amides is 1. The lowest BCUT2D eigenvalue weighted by Crippen LogP contribution is -2.58. The molecule has 2 fully saturated rings. The quantitative estimate of drug-likeness (QED) is 0.861. The molecule has 3 aliphatic rings. The molecule has 1 N–H and O–H groups in total. The molecule has 2 aliphatic heterocycles. The van der Waals surface area contributed by atoms with Crippen LogP contribution in [0.4, 0.5) is 0 Å². The van der Waals surface area contributed by atoms with E-state index in [1.165, 1.54) is 13.3 Å². The zero-order valence-corrected chi connectivity index (χ0v) is 13.4. The molecular formula is C16H18N2O6. The second-order valence-electron chi connectivity index (χ2n) is 6.55. The Balaban J connectivity index is 2.04. The van der Waals surface area contributed by atoms with Crippen molar-refractivity contribution < 1.29 is 24.2 Å². The third kappa shape index (κ3) is 1.64. The molecule has 1 aliphatic carbocycles. The molecule has 8 heteroatoms. The highest BCUT2D eigenvalue weighted by Gasteiger charge is 2.60. The van der Waals surface area contributed by atoms with E-state index in [1.807, 2.05) is 6.92 Å². The number of carbonyl (C=O) groups is 2. The zero-order valence-electron chi connectivity index (χ0n) is 13.4. The lowest BCUT2D eigenvalue weighted by atomic mass is 9.98. The van der Waals surface area contributed by atoms with Crippen molar-refractivity contribution in [3.8, 4) is 5.75 Å². The second kappa shape index (κ2) is 4.83. The van der Waals surface area contributed by atoms with E-state index in [0.29, 0.717) is 13.0 Å². The number of pyridine rings is 1. The van der Waals surface area contributed by atoms with Crippen molar-refractivity contribution >= 4 is 11.9 Å². The van der Waals surface area contributed by atoms with E-state index in [2.05, 4.69) is 0 Å². The van der Waals surface area contributed by atoms with Crippen LogP contribution in [0.3, 0.4) is 0 Å². The number of hydrogen-bond donors (Lipinski definition) is 1. The third-order valence-electron chi connectivity index (χ3n) is 5.34. The lowest BCUT2D eigenvalue weighted by Gasteiger charge is -2.45. The first-order valence-corrected chi connectivity index (χ1v) is 7.96. The Morgan fingerprint density at radius 1 is 1.46 bits per heavy atom. The highest BCUT2D eigenvalue weighted by molar-refractivity contribution is 5.98. The van der Waals surface area contributed by atoms with Crippen LogP contribution in [-0.2, 0) is 4.74 Å².